The van der Waals surface area contributed by atoms with Crippen molar-refractivity contribution in [3.8, 4) is 0 Å². The molecule has 1 heterocycles. The lowest BCUT2D eigenvalue weighted by molar-refractivity contribution is 0.112. The van der Waals surface area contributed by atoms with Crippen molar-refractivity contribution < 1.29 is 4.79 Å². The number of anilines is 1. The minimum Gasteiger partial charge on any atom is -0.369 e. The highest BCUT2D eigenvalue weighted by molar-refractivity contribution is 6.32. The number of carbonyl (C=O) groups is 1. The number of nitrogens with one attached hydrogen (secondary N) is 1. The van der Waals surface area contributed by atoms with Crippen LogP contribution in [0.1, 0.15) is 42.9 Å². The molecule has 1 aromatic heterocycles. The lowest BCUT2D eigenvalue weighted by Crippen LogP contribution is -2.27. The van der Waals surface area contributed by atoms with E-state index in [1.165, 1.54) is 0 Å². The van der Waals surface area contributed by atoms with E-state index in [4.69, 9.17) is 11.6 Å². The van der Waals surface area contributed by atoms with Crippen molar-refractivity contribution in [2.24, 2.45) is 0 Å². The van der Waals surface area contributed by atoms with Gasteiger partial charge in [-0.05, 0) is 47.2 Å². The lowest BCUT2D eigenvalue weighted by Gasteiger charge is -2.20. The van der Waals surface area contributed by atoms with Crippen LogP contribution in [0.4, 0.5) is 5.82 Å². The average Bonchev–Trinajstić information content (AvgIpc) is 2.37. The number of carbonyl (C=O) groups excluding carboxylic acids is 1. The maximum atomic E-state index is 11.0. The molecule has 112 valence electrons. The highest BCUT2D eigenvalue weighted by atomic mass is 35.5. The van der Waals surface area contributed by atoms with Crippen molar-refractivity contribution >= 4 is 23.7 Å². The maximum absolute atomic E-state index is 11.0. The average molecular weight is 299 g/mol. The molecule has 0 spiro atoms. The van der Waals surface area contributed by atoms with E-state index in [1.807, 2.05) is 0 Å². The molecule has 0 unspecified atom stereocenters. The molecule has 0 aromatic carbocycles. The summed E-state index contributed by atoms with van der Waals surface area (Å²) >= 11 is 5.92. The van der Waals surface area contributed by atoms with Gasteiger partial charge in [0.25, 0.3) is 0 Å². The molecule has 0 saturated heterocycles. The van der Waals surface area contributed by atoms with Crippen LogP contribution in [0.5, 0.6) is 0 Å². The number of rotatable bonds is 8. The van der Waals surface area contributed by atoms with Gasteiger partial charge in [-0.15, -0.1) is 0 Å². The Kier molecular flexibility index (Phi) is 6.88. The second-order valence-corrected chi connectivity index (χ2v) is 5.51. The van der Waals surface area contributed by atoms with Gasteiger partial charge in [0.05, 0.1) is 5.56 Å². The Morgan fingerprint density at radius 1 is 1.35 bits per heavy atom. The van der Waals surface area contributed by atoms with Gasteiger partial charge < -0.3 is 10.2 Å². The summed E-state index contributed by atoms with van der Waals surface area (Å²) in [5, 5.41) is 3.37. The zero-order chi connectivity index (χ0) is 15.1. The van der Waals surface area contributed by atoms with Crippen LogP contribution in [0.2, 0.25) is 5.15 Å². The second-order valence-electron chi connectivity index (χ2n) is 5.15. The number of aryl methyl sites for hydroxylation is 1. The number of aldehydes is 1. The van der Waals surface area contributed by atoms with Crippen LogP contribution < -0.4 is 5.32 Å². The highest BCUT2D eigenvalue weighted by Gasteiger charge is 2.10. The number of aromatic nitrogens is 2. The maximum Gasteiger partial charge on any atom is 0.156 e. The summed E-state index contributed by atoms with van der Waals surface area (Å²) in [5.74, 6) is 1.08. The highest BCUT2D eigenvalue weighted by Crippen LogP contribution is 2.18. The summed E-state index contributed by atoms with van der Waals surface area (Å²) < 4.78 is 0. The molecule has 1 aromatic rings. The Hall–Kier alpha value is -1.20. The normalized spacial score (nSPS) is 11.2. The topological polar surface area (TPSA) is 58.1 Å². The van der Waals surface area contributed by atoms with Crippen molar-refractivity contribution in [1.82, 2.24) is 14.9 Å². The first-order valence-corrected chi connectivity index (χ1v) is 7.27. The summed E-state index contributed by atoms with van der Waals surface area (Å²) in [7, 11) is 2.12. The summed E-state index contributed by atoms with van der Waals surface area (Å²) in [6, 6.07) is 0.563. The molecule has 0 aliphatic carbocycles. The van der Waals surface area contributed by atoms with Gasteiger partial charge in [0, 0.05) is 12.6 Å². The van der Waals surface area contributed by atoms with Gasteiger partial charge in [-0.3, -0.25) is 4.79 Å². The predicted molar refractivity (Wildman–Crippen MR) is 82.7 cm³/mol. The van der Waals surface area contributed by atoms with Gasteiger partial charge in [-0.2, -0.15) is 0 Å². The summed E-state index contributed by atoms with van der Waals surface area (Å²) in [6.45, 7) is 7.94. The molecule has 1 rings (SSSR count). The molecule has 0 fully saturated rings. The van der Waals surface area contributed by atoms with Gasteiger partial charge in [0.1, 0.15) is 16.8 Å². The van der Waals surface area contributed by atoms with Crippen LogP contribution in [-0.2, 0) is 0 Å². The summed E-state index contributed by atoms with van der Waals surface area (Å²) in [5.41, 5.74) is 0.330. The first-order valence-electron chi connectivity index (χ1n) is 6.89. The van der Waals surface area contributed by atoms with E-state index in [2.05, 4.69) is 41.1 Å². The van der Waals surface area contributed by atoms with Crippen LogP contribution in [0.3, 0.4) is 0 Å². The molecule has 0 bridgehead atoms. The quantitative estimate of drug-likeness (QED) is 0.454. The predicted octanol–water partition coefficient (Wildman–Crippen LogP) is 2.78. The third-order valence-corrected chi connectivity index (χ3v) is 3.53. The number of hydrogen-bond acceptors (Lipinski definition) is 5. The van der Waals surface area contributed by atoms with Gasteiger partial charge >= 0.3 is 0 Å². The van der Waals surface area contributed by atoms with Crippen LogP contribution >= 0.6 is 11.6 Å². The fourth-order valence-corrected chi connectivity index (χ4v) is 1.99. The molecule has 0 atom stereocenters. The van der Waals surface area contributed by atoms with Gasteiger partial charge in [-0.1, -0.05) is 11.6 Å². The Balaban J connectivity index is 2.44. The Morgan fingerprint density at radius 2 is 2.05 bits per heavy atom. The second kappa shape index (κ2) is 8.17. The van der Waals surface area contributed by atoms with Crippen LogP contribution in [0.25, 0.3) is 0 Å². The standard InChI is InChI=1S/C14H23ClN4O/c1-10(2)19(4)8-6-5-7-16-14-12(9-20)13(15)17-11(3)18-14/h9-10H,5-8H2,1-4H3,(H,16,17,18). The van der Waals surface area contributed by atoms with E-state index in [-0.39, 0.29) is 5.15 Å². The van der Waals surface area contributed by atoms with E-state index in [0.29, 0.717) is 29.5 Å². The molecule has 0 amide bonds. The van der Waals surface area contributed by atoms with Gasteiger partial charge in [-0.25, -0.2) is 9.97 Å². The number of hydrogen-bond donors (Lipinski definition) is 1. The first-order chi connectivity index (χ1) is 9.45. The fraction of sp³-hybridized carbons (Fsp3) is 0.643. The van der Waals surface area contributed by atoms with Crippen LogP contribution in [0, 0.1) is 6.92 Å². The molecule has 0 saturated carbocycles. The number of halogens is 1. The Morgan fingerprint density at radius 3 is 2.65 bits per heavy atom. The molecule has 5 nitrogen and oxygen atoms in total. The Labute approximate surface area is 125 Å². The monoisotopic (exact) mass is 298 g/mol. The summed E-state index contributed by atoms with van der Waals surface area (Å²) in [6.07, 6.45) is 2.79. The molecule has 6 heteroatoms. The smallest absolute Gasteiger partial charge is 0.156 e. The molecule has 0 aliphatic heterocycles. The van der Waals surface area contributed by atoms with Crippen molar-refractivity contribution in [2.45, 2.75) is 39.7 Å². The molecule has 0 aliphatic rings. The van der Waals surface area contributed by atoms with Crippen molar-refractivity contribution in [3.63, 3.8) is 0 Å². The van der Waals surface area contributed by atoms with Crippen molar-refractivity contribution in [3.05, 3.63) is 16.5 Å². The molecule has 20 heavy (non-hydrogen) atoms. The molecular weight excluding hydrogens is 276 g/mol. The minimum absolute atomic E-state index is 0.203. The molecular formula is C14H23ClN4O. The van der Waals surface area contributed by atoms with Gasteiger partial charge in [0.15, 0.2) is 6.29 Å². The molecule has 1 N–H and O–H groups in total. The first kappa shape index (κ1) is 16.9. The SMILES string of the molecule is Cc1nc(Cl)c(C=O)c(NCCCCN(C)C(C)C)n1. The number of nitrogens with zero attached hydrogens (tertiary/aromatic N) is 3. The molecule has 0 radical (unpaired) electrons. The van der Waals surface area contributed by atoms with Gasteiger partial charge in [0.2, 0.25) is 0 Å². The fourth-order valence-electron chi connectivity index (χ4n) is 1.74. The van der Waals surface area contributed by atoms with Crippen molar-refractivity contribution in [1.29, 1.82) is 0 Å². The van der Waals surface area contributed by atoms with E-state index >= 15 is 0 Å². The zero-order valence-corrected chi connectivity index (χ0v) is 13.4. The third-order valence-electron chi connectivity index (χ3n) is 3.24. The van der Waals surface area contributed by atoms with Crippen molar-refractivity contribution in [2.75, 3.05) is 25.5 Å². The zero-order valence-electron chi connectivity index (χ0n) is 12.6. The Bertz CT molecular complexity index is 451. The number of unbranched alkanes of at least 4 members (excludes halogenated alkanes) is 1. The summed E-state index contributed by atoms with van der Waals surface area (Å²) in [4.78, 5) is 21.5. The largest absolute Gasteiger partial charge is 0.369 e. The van der Waals surface area contributed by atoms with E-state index < -0.39 is 0 Å². The van der Waals surface area contributed by atoms with E-state index in [1.54, 1.807) is 6.92 Å². The minimum atomic E-state index is 0.203. The third kappa shape index (κ3) is 5.06. The van der Waals surface area contributed by atoms with E-state index in [9.17, 15) is 4.79 Å². The van der Waals surface area contributed by atoms with Crippen LogP contribution in [0.15, 0.2) is 0 Å². The lowest BCUT2D eigenvalue weighted by atomic mass is 10.2. The van der Waals surface area contributed by atoms with E-state index in [0.717, 1.165) is 25.9 Å². The van der Waals surface area contributed by atoms with Crippen LogP contribution in [-0.4, -0.2) is 47.3 Å².